The topological polar surface area (TPSA) is 21.3 Å². The van der Waals surface area contributed by atoms with Crippen LogP contribution in [0.3, 0.4) is 0 Å². The van der Waals surface area contributed by atoms with Gasteiger partial charge in [0.1, 0.15) is 5.75 Å². The number of ether oxygens (including phenoxy) is 1. The first-order valence-corrected chi connectivity index (χ1v) is 8.58. The van der Waals surface area contributed by atoms with Crippen LogP contribution in [0.1, 0.15) is 48.0 Å². The highest BCUT2D eigenvalue weighted by Crippen LogP contribution is 2.29. The SMILES string of the molecule is CCCNC(c1ccc(OCCC)cc1)c1ccc(C)s1. The lowest BCUT2D eigenvalue weighted by atomic mass is 10.0. The van der Waals surface area contributed by atoms with Gasteiger partial charge in [-0.2, -0.15) is 0 Å². The third-order valence-electron chi connectivity index (χ3n) is 3.33. The second kappa shape index (κ2) is 8.20. The second-order valence-corrected chi connectivity index (χ2v) is 6.57. The lowest BCUT2D eigenvalue weighted by Gasteiger charge is -2.18. The van der Waals surface area contributed by atoms with E-state index < -0.39 is 0 Å². The summed E-state index contributed by atoms with van der Waals surface area (Å²) in [5, 5.41) is 3.65. The summed E-state index contributed by atoms with van der Waals surface area (Å²) in [4.78, 5) is 2.74. The molecule has 0 amide bonds. The van der Waals surface area contributed by atoms with Gasteiger partial charge in [0.25, 0.3) is 0 Å². The molecule has 21 heavy (non-hydrogen) atoms. The number of aryl methyl sites for hydroxylation is 1. The van der Waals surface area contributed by atoms with E-state index in [4.69, 9.17) is 4.74 Å². The first-order chi connectivity index (χ1) is 10.2. The van der Waals surface area contributed by atoms with E-state index >= 15 is 0 Å². The molecule has 0 aliphatic rings. The molecule has 114 valence electrons. The van der Waals surface area contributed by atoms with Crippen LogP contribution in [0.5, 0.6) is 5.75 Å². The van der Waals surface area contributed by atoms with E-state index in [-0.39, 0.29) is 6.04 Å². The van der Waals surface area contributed by atoms with Crippen LogP contribution in [0, 0.1) is 6.92 Å². The highest BCUT2D eigenvalue weighted by atomic mass is 32.1. The summed E-state index contributed by atoms with van der Waals surface area (Å²) in [6.07, 6.45) is 2.18. The van der Waals surface area contributed by atoms with E-state index in [9.17, 15) is 0 Å². The molecule has 2 aromatic rings. The quantitative estimate of drug-likeness (QED) is 0.746. The van der Waals surface area contributed by atoms with Crippen molar-refractivity contribution in [3.8, 4) is 5.75 Å². The molecule has 3 heteroatoms. The molecule has 1 aromatic carbocycles. The van der Waals surface area contributed by atoms with Crippen molar-refractivity contribution in [3.05, 3.63) is 51.7 Å². The second-order valence-electron chi connectivity index (χ2n) is 5.25. The van der Waals surface area contributed by atoms with Crippen molar-refractivity contribution in [1.29, 1.82) is 0 Å². The molecular formula is C18H25NOS. The van der Waals surface area contributed by atoms with Crippen LogP contribution in [-0.4, -0.2) is 13.2 Å². The Labute approximate surface area is 132 Å². The molecule has 0 fully saturated rings. The van der Waals surface area contributed by atoms with Gasteiger partial charge in [-0.25, -0.2) is 0 Å². The Morgan fingerprint density at radius 2 is 1.81 bits per heavy atom. The van der Waals surface area contributed by atoms with Crippen molar-refractivity contribution < 1.29 is 4.74 Å². The number of hydrogen-bond donors (Lipinski definition) is 1. The summed E-state index contributed by atoms with van der Waals surface area (Å²) in [6, 6.07) is 13.2. The molecule has 1 heterocycles. The van der Waals surface area contributed by atoms with Crippen LogP contribution in [0.2, 0.25) is 0 Å². The molecular weight excluding hydrogens is 278 g/mol. The maximum absolute atomic E-state index is 5.66. The normalized spacial score (nSPS) is 12.3. The van der Waals surface area contributed by atoms with Crippen LogP contribution in [-0.2, 0) is 0 Å². The van der Waals surface area contributed by atoms with Gasteiger partial charge in [0.2, 0.25) is 0 Å². The molecule has 0 bridgehead atoms. The lowest BCUT2D eigenvalue weighted by Crippen LogP contribution is -2.22. The van der Waals surface area contributed by atoms with Crippen LogP contribution < -0.4 is 10.1 Å². The minimum atomic E-state index is 0.281. The fourth-order valence-corrected chi connectivity index (χ4v) is 3.24. The van der Waals surface area contributed by atoms with Crippen LogP contribution in [0.25, 0.3) is 0 Å². The molecule has 2 rings (SSSR count). The summed E-state index contributed by atoms with van der Waals surface area (Å²) >= 11 is 1.87. The lowest BCUT2D eigenvalue weighted by molar-refractivity contribution is 0.317. The average molecular weight is 303 g/mol. The Balaban J connectivity index is 2.16. The monoisotopic (exact) mass is 303 g/mol. The predicted octanol–water partition coefficient (Wildman–Crippen LogP) is 4.93. The van der Waals surface area contributed by atoms with Gasteiger partial charge in [-0.3, -0.25) is 0 Å². The largest absolute Gasteiger partial charge is 0.494 e. The Kier molecular flexibility index (Phi) is 6.27. The average Bonchev–Trinajstić information content (AvgIpc) is 2.93. The first kappa shape index (κ1) is 16.1. The zero-order valence-corrected chi connectivity index (χ0v) is 14.0. The Morgan fingerprint density at radius 1 is 1.05 bits per heavy atom. The molecule has 2 nitrogen and oxygen atoms in total. The van der Waals surface area contributed by atoms with Crippen LogP contribution in [0.15, 0.2) is 36.4 Å². The van der Waals surface area contributed by atoms with Gasteiger partial charge in [0.05, 0.1) is 12.6 Å². The van der Waals surface area contributed by atoms with E-state index in [2.05, 4.69) is 62.5 Å². The molecule has 1 unspecified atom stereocenters. The number of thiophene rings is 1. The first-order valence-electron chi connectivity index (χ1n) is 7.77. The summed E-state index contributed by atoms with van der Waals surface area (Å²) in [7, 11) is 0. The highest BCUT2D eigenvalue weighted by molar-refractivity contribution is 7.12. The number of hydrogen-bond acceptors (Lipinski definition) is 3. The van der Waals surface area contributed by atoms with Crippen LogP contribution in [0.4, 0.5) is 0 Å². The van der Waals surface area contributed by atoms with Gasteiger partial charge < -0.3 is 10.1 Å². The van der Waals surface area contributed by atoms with E-state index in [0.717, 1.165) is 31.7 Å². The van der Waals surface area contributed by atoms with Crippen molar-refractivity contribution in [3.63, 3.8) is 0 Å². The van der Waals surface area contributed by atoms with E-state index in [0.29, 0.717) is 0 Å². The molecule has 0 saturated carbocycles. The molecule has 0 saturated heterocycles. The summed E-state index contributed by atoms with van der Waals surface area (Å²) in [5.41, 5.74) is 1.30. The Morgan fingerprint density at radius 3 is 2.38 bits per heavy atom. The van der Waals surface area contributed by atoms with Gasteiger partial charge in [-0.1, -0.05) is 26.0 Å². The maximum Gasteiger partial charge on any atom is 0.119 e. The zero-order chi connectivity index (χ0) is 15.1. The zero-order valence-electron chi connectivity index (χ0n) is 13.2. The summed E-state index contributed by atoms with van der Waals surface area (Å²) in [6.45, 7) is 8.28. The number of rotatable bonds is 8. The highest BCUT2D eigenvalue weighted by Gasteiger charge is 2.15. The third kappa shape index (κ3) is 4.58. The summed E-state index contributed by atoms with van der Waals surface area (Å²) < 4.78 is 5.66. The minimum absolute atomic E-state index is 0.281. The van der Waals surface area contributed by atoms with Gasteiger partial charge in [0.15, 0.2) is 0 Å². The fraction of sp³-hybridized carbons (Fsp3) is 0.444. The molecule has 0 radical (unpaired) electrons. The van der Waals surface area contributed by atoms with E-state index in [1.807, 2.05) is 11.3 Å². The van der Waals surface area contributed by atoms with Crippen molar-refractivity contribution in [1.82, 2.24) is 5.32 Å². The van der Waals surface area contributed by atoms with Crippen LogP contribution >= 0.6 is 11.3 Å². The summed E-state index contributed by atoms with van der Waals surface area (Å²) in [5.74, 6) is 0.956. The van der Waals surface area contributed by atoms with E-state index in [1.165, 1.54) is 15.3 Å². The van der Waals surface area contributed by atoms with Crippen molar-refractivity contribution >= 4 is 11.3 Å². The fourth-order valence-electron chi connectivity index (χ4n) is 2.26. The Hall–Kier alpha value is -1.32. The van der Waals surface area contributed by atoms with Gasteiger partial charge in [-0.15, -0.1) is 11.3 Å². The van der Waals surface area contributed by atoms with Gasteiger partial charge >= 0.3 is 0 Å². The molecule has 1 N–H and O–H groups in total. The predicted molar refractivity (Wildman–Crippen MR) is 91.4 cm³/mol. The van der Waals surface area contributed by atoms with Gasteiger partial charge in [-0.05, 0) is 56.1 Å². The molecule has 0 aliphatic heterocycles. The Bertz CT molecular complexity index is 532. The van der Waals surface area contributed by atoms with Crippen molar-refractivity contribution in [2.45, 2.75) is 39.7 Å². The molecule has 0 spiro atoms. The molecule has 1 aromatic heterocycles. The number of nitrogens with one attached hydrogen (secondary N) is 1. The van der Waals surface area contributed by atoms with Crippen molar-refractivity contribution in [2.24, 2.45) is 0 Å². The minimum Gasteiger partial charge on any atom is -0.494 e. The molecule has 1 atom stereocenters. The smallest absolute Gasteiger partial charge is 0.119 e. The standard InChI is InChI=1S/C18H25NOS/c1-4-12-19-18(17-11-6-14(3)21-17)15-7-9-16(10-8-15)20-13-5-2/h6-11,18-19H,4-5,12-13H2,1-3H3. The number of benzene rings is 1. The molecule has 0 aliphatic carbocycles. The third-order valence-corrected chi connectivity index (χ3v) is 4.40. The van der Waals surface area contributed by atoms with Gasteiger partial charge in [0, 0.05) is 9.75 Å². The maximum atomic E-state index is 5.66. The van der Waals surface area contributed by atoms with E-state index in [1.54, 1.807) is 0 Å². The van der Waals surface area contributed by atoms with Crippen molar-refractivity contribution in [2.75, 3.05) is 13.2 Å².